The van der Waals surface area contributed by atoms with Crippen LogP contribution in [-0.4, -0.2) is 18.2 Å². The first-order chi connectivity index (χ1) is 1.91. The Hall–Kier alpha value is 0.946. The van der Waals surface area contributed by atoms with Gasteiger partial charge in [-0.1, -0.05) is 0 Å². The molecule has 5 heavy (non-hydrogen) atoms. The molecule has 1 nitrogen and oxygen atoms in total. The van der Waals surface area contributed by atoms with Gasteiger partial charge in [0, 0.05) is 0 Å². The van der Waals surface area contributed by atoms with Crippen LogP contribution in [0, 0.1) is 0 Å². The van der Waals surface area contributed by atoms with Crippen LogP contribution in [0.2, 0.25) is 0 Å². The van der Waals surface area contributed by atoms with Crippen LogP contribution in [0.5, 0.6) is 0 Å². The topological polar surface area (TPSA) is 35.0 Å². The highest BCUT2D eigenvalue weighted by Gasteiger charge is 1.65. The van der Waals surface area contributed by atoms with Gasteiger partial charge in [-0.15, -0.1) is 6.58 Å². The standard InChI is InChI=1S/C2H3.BrH.Mg.H3N/c1-2;;;/h1H,2H2;1H;;1H3/q;;+1;/p-1. The molecule has 0 saturated heterocycles. The molecular formula is C2H6BrMgN. The molecule has 0 radical (unpaired) electrons. The van der Waals surface area contributed by atoms with Crippen LogP contribution in [0.1, 0.15) is 0 Å². The zero-order valence-electron chi connectivity index (χ0n) is 3.08. The third-order valence-corrected chi connectivity index (χ3v) is 1.70. The second-order valence-corrected chi connectivity index (χ2v) is 3.27. The Morgan fingerprint density at radius 2 is 2.00 bits per heavy atom. The van der Waals surface area contributed by atoms with Crippen LogP contribution >= 0.6 is 12.9 Å². The van der Waals surface area contributed by atoms with Crippen molar-refractivity contribution < 1.29 is 0 Å². The Morgan fingerprint density at radius 1 is 1.80 bits per heavy atom. The second-order valence-electron chi connectivity index (χ2n) is 0.443. The summed E-state index contributed by atoms with van der Waals surface area (Å²) < 4.78 is 1.93. The lowest BCUT2D eigenvalue weighted by atomic mass is 11.3. The van der Waals surface area contributed by atoms with E-state index in [1.165, 1.54) is 0 Å². The van der Waals surface area contributed by atoms with E-state index in [0.29, 0.717) is 0 Å². The monoisotopic (exact) mass is 147 g/mol. The Morgan fingerprint density at radius 3 is 2.00 bits per heavy atom. The van der Waals surface area contributed by atoms with Gasteiger partial charge in [-0.05, 0) is 0 Å². The van der Waals surface area contributed by atoms with Crippen molar-refractivity contribution in [2.45, 2.75) is 0 Å². The highest BCUT2D eigenvalue weighted by molar-refractivity contribution is 9.23. The molecule has 0 aliphatic rings. The molecule has 0 aliphatic carbocycles. The highest BCUT2D eigenvalue weighted by atomic mass is 79.9. The normalized spacial score (nSPS) is 3.40. The number of rotatable bonds is 1. The van der Waals surface area contributed by atoms with Gasteiger partial charge in [0.15, 0.2) is 0 Å². The average Bonchev–Trinajstić information content (AvgIpc) is 1.37. The fourth-order valence-corrected chi connectivity index (χ4v) is 0. The smallest absolute Gasteiger partial charge is 0.344 e. The summed E-state index contributed by atoms with van der Waals surface area (Å²) in [6.07, 6.45) is 0. The van der Waals surface area contributed by atoms with Gasteiger partial charge in [0.05, 0.1) is 0 Å². The third kappa shape index (κ3) is 11.3. The summed E-state index contributed by atoms with van der Waals surface area (Å²) in [5.74, 6) is 0. The molecule has 0 aromatic rings. The van der Waals surface area contributed by atoms with Crippen LogP contribution in [0.25, 0.3) is 0 Å². The average molecular weight is 148 g/mol. The molecule has 3 N–H and O–H groups in total. The molecule has 0 aromatic carbocycles. The maximum absolute atomic E-state index is 3.49. The molecule has 0 heterocycles. The van der Waals surface area contributed by atoms with Crippen molar-refractivity contribution in [2.75, 3.05) is 0 Å². The van der Waals surface area contributed by atoms with Crippen molar-refractivity contribution in [3.05, 3.63) is 10.8 Å². The zero-order valence-corrected chi connectivity index (χ0v) is 6.08. The van der Waals surface area contributed by atoms with Crippen LogP contribution in [-0.2, 0) is 0 Å². The van der Waals surface area contributed by atoms with E-state index >= 15 is 0 Å². The second kappa shape index (κ2) is 8.87. The minimum atomic E-state index is 0. The van der Waals surface area contributed by atoms with Gasteiger partial charge >= 0.3 is 18.2 Å². The first-order valence-corrected chi connectivity index (χ1v) is 5.80. The van der Waals surface area contributed by atoms with Gasteiger partial charge in [-0.3, -0.25) is 12.9 Å². The molecule has 0 saturated carbocycles. The maximum atomic E-state index is 3.49. The largest absolute Gasteiger partial charge is 0.497 e. The number of halogens is 1. The molecule has 0 unspecified atom stereocenters. The summed E-state index contributed by atoms with van der Waals surface area (Å²) in [4.78, 5) is 0. The summed E-state index contributed by atoms with van der Waals surface area (Å²) in [5.41, 5.74) is 0. The van der Waals surface area contributed by atoms with E-state index in [-0.39, 0.29) is 24.3 Å². The SMILES string of the molecule is C=[CH][Mg][Br].N. The fourth-order valence-electron chi connectivity index (χ4n) is 0. The molecule has 0 bridgehead atoms. The first kappa shape index (κ1) is 9.34. The fraction of sp³-hybridized carbons (Fsp3) is 0. The molecule has 0 fully saturated rings. The lowest BCUT2D eigenvalue weighted by molar-refractivity contribution is 2.13. The van der Waals surface area contributed by atoms with Gasteiger partial charge in [0.1, 0.15) is 0 Å². The predicted molar refractivity (Wildman–Crippen MR) is 29.9 cm³/mol. The molecule has 28 valence electrons. The van der Waals surface area contributed by atoms with Gasteiger partial charge in [0.2, 0.25) is 0 Å². The lowest BCUT2D eigenvalue weighted by Gasteiger charge is -1.47. The predicted octanol–water partition coefficient (Wildman–Crippen LogP) is 1.31. The van der Waals surface area contributed by atoms with E-state index in [0.717, 1.165) is 0 Å². The minimum absolute atomic E-state index is 0. The van der Waals surface area contributed by atoms with E-state index in [1.54, 1.807) is 0 Å². The van der Waals surface area contributed by atoms with Gasteiger partial charge < -0.3 is 6.15 Å². The molecule has 0 aliphatic heterocycles. The quantitative estimate of drug-likeness (QED) is 0.559. The van der Waals surface area contributed by atoms with Crippen LogP contribution < -0.4 is 6.15 Å². The Bertz CT molecular complexity index is 23.6. The summed E-state index contributed by atoms with van der Waals surface area (Å²) in [6, 6.07) is 0. The van der Waals surface area contributed by atoms with Crippen molar-refractivity contribution >= 4 is 31.1 Å². The van der Waals surface area contributed by atoms with Crippen LogP contribution in [0.4, 0.5) is 0 Å². The third-order valence-electron chi connectivity index (χ3n) is 0.109. The summed E-state index contributed by atoms with van der Waals surface area (Å²) >= 11 is 3.27. The zero-order chi connectivity index (χ0) is 3.41. The van der Waals surface area contributed by atoms with Gasteiger partial charge in [0.25, 0.3) is 0 Å². The molecule has 0 atom stereocenters. The molecule has 0 rings (SSSR count). The first-order valence-electron chi connectivity index (χ1n) is 1.08. The summed E-state index contributed by atoms with van der Waals surface area (Å²) in [7, 11) is 0. The Kier molecular flexibility index (Phi) is 16.6. The van der Waals surface area contributed by atoms with Crippen molar-refractivity contribution in [1.29, 1.82) is 0 Å². The lowest BCUT2D eigenvalue weighted by Crippen LogP contribution is -1.53. The molecule has 0 amide bonds. The molecule has 0 aromatic heterocycles. The molecular weight excluding hydrogens is 142 g/mol. The van der Waals surface area contributed by atoms with Crippen molar-refractivity contribution in [3.8, 4) is 0 Å². The van der Waals surface area contributed by atoms with Gasteiger partial charge in [-0.25, -0.2) is 0 Å². The number of hydrogen-bond acceptors (Lipinski definition) is 1. The van der Waals surface area contributed by atoms with Crippen LogP contribution in [0.3, 0.4) is 0 Å². The Labute approximate surface area is 48.0 Å². The van der Waals surface area contributed by atoms with Crippen molar-refractivity contribution in [3.63, 3.8) is 0 Å². The van der Waals surface area contributed by atoms with E-state index in [4.69, 9.17) is 0 Å². The van der Waals surface area contributed by atoms with Crippen molar-refractivity contribution in [1.82, 2.24) is 6.15 Å². The number of hydrogen-bond donors (Lipinski definition) is 1. The van der Waals surface area contributed by atoms with Gasteiger partial charge in [-0.2, -0.15) is 4.21 Å². The summed E-state index contributed by atoms with van der Waals surface area (Å²) in [6.45, 7) is 3.49. The highest BCUT2D eigenvalue weighted by Crippen LogP contribution is 1.67. The molecule has 3 heteroatoms. The van der Waals surface area contributed by atoms with E-state index < -0.39 is 0 Å². The van der Waals surface area contributed by atoms with E-state index in [1.807, 2.05) is 4.21 Å². The minimum Gasteiger partial charge on any atom is -0.344 e. The summed E-state index contributed by atoms with van der Waals surface area (Å²) in [5, 5.41) is 0. The molecule has 0 spiro atoms. The maximum Gasteiger partial charge on any atom is 0.497 e. The van der Waals surface area contributed by atoms with E-state index in [9.17, 15) is 0 Å². The van der Waals surface area contributed by atoms with Crippen LogP contribution in [0.15, 0.2) is 10.8 Å². The Balaban J connectivity index is 0. The van der Waals surface area contributed by atoms with Crippen molar-refractivity contribution in [2.24, 2.45) is 0 Å². The van der Waals surface area contributed by atoms with E-state index in [2.05, 4.69) is 19.5 Å².